The fourth-order valence-corrected chi connectivity index (χ4v) is 2.03. The van der Waals surface area contributed by atoms with E-state index in [1.165, 1.54) is 18.2 Å². The Kier molecular flexibility index (Phi) is 3.49. The lowest BCUT2D eigenvalue weighted by Gasteiger charge is -2.18. The summed E-state index contributed by atoms with van der Waals surface area (Å²) in [6.07, 6.45) is 0.963. The maximum Gasteiger partial charge on any atom is 0.271 e. The van der Waals surface area contributed by atoms with Crippen LogP contribution < -0.4 is 5.32 Å². The highest BCUT2D eigenvalue weighted by atomic mass is 35.5. The van der Waals surface area contributed by atoms with Gasteiger partial charge in [0.2, 0.25) is 0 Å². The highest BCUT2D eigenvalue weighted by Crippen LogP contribution is 2.29. The van der Waals surface area contributed by atoms with Gasteiger partial charge in [0.25, 0.3) is 5.69 Å². The monoisotopic (exact) mass is 256 g/mol. The third kappa shape index (κ3) is 2.68. The number of nitrogens with zero attached hydrogens (tertiary/aromatic N) is 1. The smallest absolute Gasteiger partial charge is 0.271 e. The minimum Gasteiger partial charge on any atom is -0.378 e. The molecular weight excluding hydrogens is 244 g/mol. The van der Waals surface area contributed by atoms with Gasteiger partial charge in [0, 0.05) is 18.7 Å². The number of nitro benzene ring substituents is 1. The van der Waals surface area contributed by atoms with E-state index >= 15 is 0 Å². The summed E-state index contributed by atoms with van der Waals surface area (Å²) >= 11 is 6.00. The number of hydrogen-bond acceptors (Lipinski definition) is 4. The molecule has 1 aromatic carbocycles. The minimum atomic E-state index is -0.434. The highest BCUT2D eigenvalue weighted by Gasteiger charge is 2.25. The van der Waals surface area contributed by atoms with Crippen molar-refractivity contribution in [3.05, 3.63) is 33.3 Å². The lowest BCUT2D eigenvalue weighted by Crippen LogP contribution is -2.26. The summed E-state index contributed by atoms with van der Waals surface area (Å²) in [5, 5.41) is 14.3. The Morgan fingerprint density at radius 3 is 2.94 bits per heavy atom. The topological polar surface area (TPSA) is 64.4 Å². The third-order valence-corrected chi connectivity index (χ3v) is 3.21. The van der Waals surface area contributed by atoms with Crippen LogP contribution in [-0.4, -0.2) is 23.7 Å². The molecule has 1 fully saturated rings. The zero-order chi connectivity index (χ0) is 12.4. The van der Waals surface area contributed by atoms with Gasteiger partial charge in [-0.3, -0.25) is 10.1 Å². The van der Waals surface area contributed by atoms with Gasteiger partial charge >= 0.3 is 0 Å². The number of anilines is 1. The summed E-state index contributed by atoms with van der Waals surface area (Å²) < 4.78 is 5.42. The van der Waals surface area contributed by atoms with Gasteiger partial charge in [-0.05, 0) is 19.4 Å². The molecule has 0 aliphatic carbocycles. The highest BCUT2D eigenvalue weighted by molar-refractivity contribution is 6.33. The molecule has 1 aliphatic rings. The van der Waals surface area contributed by atoms with Gasteiger partial charge in [0.05, 0.1) is 27.8 Å². The average Bonchev–Trinajstić information content (AvgIpc) is 2.67. The number of nitro groups is 1. The molecule has 0 saturated carbocycles. The number of benzene rings is 1. The normalized spacial score (nSPS) is 23.6. The number of hydrogen-bond donors (Lipinski definition) is 1. The Morgan fingerprint density at radius 1 is 1.59 bits per heavy atom. The summed E-state index contributed by atoms with van der Waals surface area (Å²) in [6.45, 7) is 2.67. The lowest BCUT2D eigenvalue weighted by atomic mass is 10.1. The second kappa shape index (κ2) is 4.89. The zero-order valence-corrected chi connectivity index (χ0v) is 10.1. The van der Waals surface area contributed by atoms with Crippen LogP contribution in [0.5, 0.6) is 0 Å². The maximum absolute atomic E-state index is 10.7. The Hall–Kier alpha value is -1.33. The van der Waals surface area contributed by atoms with E-state index in [2.05, 4.69) is 5.32 Å². The number of nitrogens with one attached hydrogen (secondary N) is 1. The van der Waals surface area contributed by atoms with E-state index in [0.29, 0.717) is 17.3 Å². The van der Waals surface area contributed by atoms with Gasteiger partial charge in [-0.25, -0.2) is 0 Å². The molecule has 1 saturated heterocycles. The predicted molar refractivity (Wildman–Crippen MR) is 65.5 cm³/mol. The van der Waals surface area contributed by atoms with E-state index in [1.54, 1.807) is 0 Å². The molecule has 0 spiro atoms. The third-order valence-electron chi connectivity index (χ3n) is 2.88. The van der Waals surface area contributed by atoms with E-state index in [1.807, 2.05) is 6.92 Å². The van der Waals surface area contributed by atoms with Crippen LogP contribution >= 0.6 is 11.6 Å². The fraction of sp³-hybridized carbons (Fsp3) is 0.455. The van der Waals surface area contributed by atoms with Gasteiger partial charge in [-0.1, -0.05) is 11.6 Å². The Bertz CT molecular complexity index is 439. The first-order chi connectivity index (χ1) is 8.08. The van der Waals surface area contributed by atoms with Gasteiger partial charge < -0.3 is 10.1 Å². The first-order valence-electron chi connectivity index (χ1n) is 5.40. The van der Waals surface area contributed by atoms with Crippen LogP contribution in [0.1, 0.15) is 13.3 Å². The van der Waals surface area contributed by atoms with Crippen molar-refractivity contribution in [2.24, 2.45) is 0 Å². The average molecular weight is 257 g/mol. The zero-order valence-electron chi connectivity index (χ0n) is 9.35. The van der Waals surface area contributed by atoms with Crippen LogP contribution in [0.15, 0.2) is 18.2 Å². The van der Waals surface area contributed by atoms with Crippen LogP contribution in [0.2, 0.25) is 5.02 Å². The molecular formula is C11H13ClN2O3. The van der Waals surface area contributed by atoms with Gasteiger partial charge in [-0.2, -0.15) is 0 Å². The predicted octanol–water partition coefficient (Wildman–Crippen LogP) is 2.84. The van der Waals surface area contributed by atoms with Crippen LogP contribution in [0.25, 0.3) is 0 Å². The van der Waals surface area contributed by atoms with Crippen molar-refractivity contribution in [3.8, 4) is 0 Å². The number of halogens is 1. The van der Waals surface area contributed by atoms with E-state index in [-0.39, 0.29) is 17.8 Å². The molecule has 1 N–H and O–H groups in total. The quantitative estimate of drug-likeness (QED) is 0.667. The molecule has 0 bridgehead atoms. The summed E-state index contributed by atoms with van der Waals surface area (Å²) in [6, 6.07) is 4.52. The maximum atomic E-state index is 10.7. The molecule has 1 aliphatic heterocycles. The van der Waals surface area contributed by atoms with Crippen molar-refractivity contribution >= 4 is 23.0 Å². The summed E-state index contributed by atoms with van der Waals surface area (Å²) in [7, 11) is 0. The number of ether oxygens (including phenoxy) is 1. The molecule has 17 heavy (non-hydrogen) atoms. The first kappa shape index (κ1) is 12.1. The van der Waals surface area contributed by atoms with Crippen molar-refractivity contribution in [2.45, 2.75) is 25.5 Å². The number of rotatable bonds is 3. The molecule has 6 heteroatoms. The molecule has 5 nitrogen and oxygen atoms in total. The molecule has 92 valence electrons. The molecule has 1 aromatic rings. The van der Waals surface area contributed by atoms with Crippen LogP contribution in [0.3, 0.4) is 0 Å². The largest absolute Gasteiger partial charge is 0.378 e. The van der Waals surface area contributed by atoms with E-state index < -0.39 is 4.92 Å². The summed E-state index contributed by atoms with van der Waals surface area (Å²) in [5.74, 6) is 0. The fourth-order valence-electron chi connectivity index (χ4n) is 1.86. The van der Waals surface area contributed by atoms with Gasteiger partial charge in [0.1, 0.15) is 0 Å². The summed E-state index contributed by atoms with van der Waals surface area (Å²) in [5.41, 5.74) is 0.617. The minimum absolute atomic E-state index is 0.0310. The van der Waals surface area contributed by atoms with Crippen molar-refractivity contribution in [1.29, 1.82) is 0 Å². The van der Waals surface area contributed by atoms with E-state index in [4.69, 9.17) is 16.3 Å². The Balaban J connectivity index is 2.19. The standard InChI is InChI=1S/C11H13ClN2O3/c1-7-10(4-5-17-7)13-11-6-8(14(15)16)2-3-9(11)12/h2-3,6-7,10,13H,4-5H2,1H3. The van der Waals surface area contributed by atoms with Crippen LogP contribution in [-0.2, 0) is 4.74 Å². The molecule has 0 radical (unpaired) electrons. The van der Waals surface area contributed by atoms with E-state index in [9.17, 15) is 10.1 Å². The van der Waals surface area contributed by atoms with Crippen molar-refractivity contribution < 1.29 is 9.66 Å². The van der Waals surface area contributed by atoms with Crippen molar-refractivity contribution in [3.63, 3.8) is 0 Å². The number of non-ortho nitro benzene ring substituents is 1. The van der Waals surface area contributed by atoms with E-state index in [0.717, 1.165) is 6.42 Å². The summed E-state index contributed by atoms with van der Waals surface area (Å²) in [4.78, 5) is 10.2. The molecule has 0 amide bonds. The Morgan fingerprint density at radius 2 is 2.35 bits per heavy atom. The van der Waals surface area contributed by atoms with Gasteiger partial charge in [0.15, 0.2) is 0 Å². The van der Waals surface area contributed by atoms with Crippen molar-refractivity contribution in [2.75, 3.05) is 11.9 Å². The van der Waals surface area contributed by atoms with Gasteiger partial charge in [-0.15, -0.1) is 0 Å². The first-order valence-corrected chi connectivity index (χ1v) is 5.78. The second-order valence-corrected chi connectivity index (χ2v) is 4.44. The molecule has 1 heterocycles. The molecule has 0 aromatic heterocycles. The lowest BCUT2D eigenvalue weighted by molar-refractivity contribution is -0.384. The molecule has 2 unspecified atom stereocenters. The van der Waals surface area contributed by atoms with Crippen molar-refractivity contribution in [1.82, 2.24) is 0 Å². The molecule has 2 rings (SSSR count). The second-order valence-electron chi connectivity index (χ2n) is 4.04. The van der Waals surface area contributed by atoms with Crippen LogP contribution in [0.4, 0.5) is 11.4 Å². The SMILES string of the molecule is CC1OCCC1Nc1cc([N+](=O)[O-])ccc1Cl. The van der Waals surface area contributed by atoms with Crippen LogP contribution in [0, 0.1) is 10.1 Å². The molecule has 2 atom stereocenters. The Labute approximate surface area is 104 Å².